The molecule has 0 unspecified atom stereocenters. The molecule has 0 radical (unpaired) electrons. The zero-order valence-electron chi connectivity index (χ0n) is 11.4. The zero-order chi connectivity index (χ0) is 15.7. The lowest BCUT2D eigenvalue weighted by molar-refractivity contribution is -0.158. The van der Waals surface area contributed by atoms with Crippen molar-refractivity contribution in [2.24, 2.45) is 11.8 Å². The molecule has 0 heterocycles. The molecule has 8 heteroatoms. The van der Waals surface area contributed by atoms with Crippen molar-refractivity contribution < 1.29 is 38.1 Å². The van der Waals surface area contributed by atoms with Gasteiger partial charge in [0, 0.05) is 0 Å². The van der Waals surface area contributed by atoms with Gasteiger partial charge in [-0.05, 0) is 0 Å². The summed E-state index contributed by atoms with van der Waals surface area (Å²) in [6.07, 6.45) is 0. The minimum Gasteiger partial charge on any atom is -0.468 e. The number of hydrogen-bond acceptors (Lipinski definition) is 8. The molecule has 110 valence electrons. The third-order valence-electron chi connectivity index (χ3n) is 2.12. The maximum absolute atomic E-state index is 11.3. The Morgan fingerprint density at radius 2 is 0.800 bits per heavy atom. The van der Waals surface area contributed by atoms with E-state index in [0.717, 1.165) is 28.4 Å². The lowest BCUT2D eigenvalue weighted by atomic mass is 10.1. The summed E-state index contributed by atoms with van der Waals surface area (Å²) in [4.78, 5) is 45.4. The van der Waals surface area contributed by atoms with E-state index in [4.69, 9.17) is 0 Å². The van der Waals surface area contributed by atoms with Crippen LogP contribution in [0.4, 0.5) is 0 Å². The fraction of sp³-hybridized carbons (Fsp3) is 0.500. The molecule has 0 aromatic carbocycles. The monoisotopic (exact) mass is 286 g/mol. The molecule has 0 spiro atoms. The molecule has 0 bridgehead atoms. The number of ether oxygens (including phenoxy) is 4. The van der Waals surface area contributed by atoms with Crippen LogP contribution in [-0.4, -0.2) is 52.3 Å². The molecule has 0 atom stereocenters. The summed E-state index contributed by atoms with van der Waals surface area (Å²) in [5.41, 5.74) is 0. The van der Waals surface area contributed by atoms with Crippen LogP contribution in [0.15, 0.2) is 0 Å². The van der Waals surface area contributed by atoms with Crippen LogP contribution in [0.5, 0.6) is 0 Å². The Hall–Kier alpha value is -2.56. The van der Waals surface area contributed by atoms with E-state index in [1.54, 1.807) is 0 Å². The van der Waals surface area contributed by atoms with Crippen molar-refractivity contribution in [3.05, 3.63) is 0 Å². The van der Waals surface area contributed by atoms with Crippen LogP contribution in [0.3, 0.4) is 0 Å². The van der Waals surface area contributed by atoms with Crippen molar-refractivity contribution in [2.45, 2.75) is 0 Å². The maximum atomic E-state index is 11.3. The van der Waals surface area contributed by atoms with Crippen LogP contribution in [0.25, 0.3) is 0 Å². The Bertz CT molecular complexity index is 384. The first kappa shape index (κ1) is 17.4. The smallest absolute Gasteiger partial charge is 0.332 e. The molecule has 0 N–H and O–H groups in total. The van der Waals surface area contributed by atoms with Gasteiger partial charge in [0.25, 0.3) is 0 Å². The first-order valence-corrected chi connectivity index (χ1v) is 5.25. The molecule has 0 rings (SSSR count). The molecular formula is C12H14O8. The molecule has 0 saturated heterocycles. The zero-order valence-corrected chi connectivity index (χ0v) is 11.4. The lowest BCUT2D eigenvalue weighted by Crippen LogP contribution is -2.28. The van der Waals surface area contributed by atoms with E-state index in [2.05, 4.69) is 30.8 Å². The highest BCUT2D eigenvalue weighted by Crippen LogP contribution is 2.05. The second-order valence-electron chi connectivity index (χ2n) is 3.25. The van der Waals surface area contributed by atoms with Crippen molar-refractivity contribution in [3.63, 3.8) is 0 Å². The van der Waals surface area contributed by atoms with E-state index in [9.17, 15) is 19.2 Å². The summed E-state index contributed by atoms with van der Waals surface area (Å²) in [5, 5.41) is 0. The van der Waals surface area contributed by atoms with Gasteiger partial charge in [-0.15, -0.1) is 0 Å². The fourth-order valence-corrected chi connectivity index (χ4v) is 1.07. The first-order valence-electron chi connectivity index (χ1n) is 5.25. The average Bonchev–Trinajstić information content (AvgIpc) is 2.48. The molecule has 8 nitrogen and oxygen atoms in total. The molecule has 0 aliphatic heterocycles. The summed E-state index contributed by atoms with van der Waals surface area (Å²) >= 11 is 0. The van der Waals surface area contributed by atoms with Gasteiger partial charge in [-0.3, -0.25) is 19.2 Å². The second-order valence-corrected chi connectivity index (χ2v) is 3.25. The number of esters is 4. The predicted molar refractivity (Wildman–Crippen MR) is 62.8 cm³/mol. The Morgan fingerprint density at radius 3 is 0.950 bits per heavy atom. The fourth-order valence-electron chi connectivity index (χ4n) is 1.07. The molecule has 20 heavy (non-hydrogen) atoms. The number of rotatable bonds is 4. The van der Waals surface area contributed by atoms with Gasteiger partial charge in [-0.1, -0.05) is 11.8 Å². The molecule has 0 aromatic heterocycles. The molecule has 0 aliphatic carbocycles. The third kappa shape index (κ3) is 4.61. The van der Waals surface area contributed by atoms with Gasteiger partial charge < -0.3 is 18.9 Å². The summed E-state index contributed by atoms with van der Waals surface area (Å²) in [6.45, 7) is 0. The van der Waals surface area contributed by atoms with Crippen molar-refractivity contribution in [2.75, 3.05) is 28.4 Å². The number of hydrogen-bond donors (Lipinski definition) is 0. The van der Waals surface area contributed by atoms with E-state index >= 15 is 0 Å². The van der Waals surface area contributed by atoms with Gasteiger partial charge in [0.1, 0.15) is 0 Å². The summed E-state index contributed by atoms with van der Waals surface area (Å²) < 4.78 is 17.5. The topological polar surface area (TPSA) is 105 Å². The normalized spacial score (nSPS) is 9.30. The van der Waals surface area contributed by atoms with E-state index in [0.29, 0.717) is 0 Å². The van der Waals surface area contributed by atoms with Crippen LogP contribution in [0.1, 0.15) is 0 Å². The standard InChI is InChI=1S/C12H14O8/c1-17-9(13)7(10(14)18-2)5-6-8(11(15)19-3)12(16)20-4/h7-8H,1-4H3. The SMILES string of the molecule is COC(=O)C(C#CC(C(=O)OC)C(=O)OC)C(=O)OC. The van der Waals surface area contributed by atoms with Crippen LogP contribution in [0, 0.1) is 23.7 Å². The Labute approximate surface area is 115 Å². The summed E-state index contributed by atoms with van der Waals surface area (Å²) in [7, 11) is 4.21. The first-order chi connectivity index (χ1) is 9.42. The van der Waals surface area contributed by atoms with Crippen molar-refractivity contribution in [1.82, 2.24) is 0 Å². The van der Waals surface area contributed by atoms with Crippen molar-refractivity contribution >= 4 is 23.9 Å². The third-order valence-corrected chi connectivity index (χ3v) is 2.12. The van der Waals surface area contributed by atoms with Crippen molar-refractivity contribution in [1.29, 1.82) is 0 Å². The van der Waals surface area contributed by atoms with Gasteiger partial charge in [-0.25, -0.2) is 0 Å². The van der Waals surface area contributed by atoms with Gasteiger partial charge in [0.15, 0.2) is 0 Å². The number of carbonyl (C=O) groups is 4. The highest BCUT2D eigenvalue weighted by atomic mass is 16.5. The van der Waals surface area contributed by atoms with Crippen LogP contribution in [0.2, 0.25) is 0 Å². The van der Waals surface area contributed by atoms with Crippen molar-refractivity contribution in [3.8, 4) is 11.8 Å². The van der Waals surface area contributed by atoms with Gasteiger partial charge in [0.05, 0.1) is 28.4 Å². The quantitative estimate of drug-likeness (QED) is 0.278. The lowest BCUT2D eigenvalue weighted by Gasteiger charge is -2.07. The number of carbonyl (C=O) groups excluding carboxylic acids is 4. The minimum absolute atomic E-state index is 0.974. The highest BCUT2D eigenvalue weighted by molar-refractivity contribution is 6.00. The average molecular weight is 286 g/mol. The maximum Gasteiger partial charge on any atom is 0.332 e. The second kappa shape index (κ2) is 8.53. The Morgan fingerprint density at radius 1 is 0.600 bits per heavy atom. The number of methoxy groups -OCH3 is 4. The largest absolute Gasteiger partial charge is 0.468 e. The molecular weight excluding hydrogens is 272 g/mol. The van der Waals surface area contributed by atoms with E-state index < -0.39 is 35.7 Å². The molecule has 0 saturated carbocycles. The molecule has 0 amide bonds. The molecule has 0 aromatic rings. The van der Waals surface area contributed by atoms with E-state index in [-0.39, 0.29) is 0 Å². The van der Waals surface area contributed by atoms with Gasteiger partial charge in [0.2, 0.25) is 11.8 Å². The molecule has 0 aliphatic rings. The Kier molecular flexibility index (Phi) is 7.43. The van der Waals surface area contributed by atoms with E-state index in [1.165, 1.54) is 0 Å². The summed E-state index contributed by atoms with van der Waals surface area (Å²) in [6, 6.07) is 0. The van der Waals surface area contributed by atoms with Gasteiger partial charge in [-0.2, -0.15) is 0 Å². The predicted octanol–water partition coefficient (Wildman–Crippen LogP) is -1.09. The highest BCUT2D eigenvalue weighted by Gasteiger charge is 2.30. The Balaban J connectivity index is 5.36. The van der Waals surface area contributed by atoms with Gasteiger partial charge >= 0.3 is 23.9 Å². The van der Waals surface area contributed by atoms with E-state index in [1.807, 2.05) is 0 Å². The van der Waals surface area contributed by atoms with Crippen LogP contribution < -0.4 is 0 Å². The summed E-state index contributed by atoms with van der Waals surface area (Å²) in [5.74, 6) is -2.73. The molecule has 0 fully saturated rings. The van der Waals surface area contributed by atoms with Crippen LogP contribution in [-0.2, 0) is 38.1 Å². The minimum atomic E-state index is -1.57. The van der Waals surface area contributed by atoms with Crippen LogP contribution >= 0.6 is 0 Å².